The van der Waals surface area contributed by atoms with Gasteiger partial charge in [-0.3, -0.25) is 10.2 Å². The third-order valence-corrected chi connectivity index (χ3v) is 7.14. The zero-order valence-corrected chi connectivity index (χ0v) is 20.3. The van der Waals surface area contributed by atoms with Gasteiger partial charge in [0, 0.05) is 47.6 Å². The molecule has 1 aliphatic carbocycles. The Balaban J connectivity index is 1.90. The molecule has 0 bridgehead atoms. The van der Waals surface area contributed by atoms with Gasteiger partial charge in [-0.05, 0) is 69.5 Å². The number of nitrogens with two attached hydrogens (primary N) is 2. The number of pyridine rings is 1. The summed E-state index contributed by atoms with van der Waals surface area (Å²) in [7, 11) is 3.90. The number of nitrogens with zero attached hydrogens (tertiary/aromatic N) is 3. The van der Waals surface area contributed by atoms with Crippen LogP contribution in [0.2, 0.25) is 0 Å². The molecular formula is C25H30F3N7O. The normalized spacial score (nSPS) is 18.8. The Labute approximate surface area is 207 Å². The van der Waals surface area contributed by atoms with Gasteiger partial charge in [0.15, 0.2) is 0 Å². The van der Waals surface area contributed by atoms with Crippen molar-refractivity contribution in [1.29, 1.82) is 10.8 Å². The van der Waals surface area contributed by atoms with E-state index < -0.39 is 23.4 Å². The average molecular weight is 502 g/mol. The highest BCUT2D eigenvalue weighted by molar-refractivity contribution is 6.47. The summed E-state index contributed by atoms with van der Waals surface area (Å²) >= 11 is 0. The van der Waals surface area contributed by atoms with Crippen LogP contribution in [-0.2, 0) is 17.6 Å². The molecule has 6 N–H and O–H groups in total. The molecule has 2 heterocycles. The molecule has 0 saturated carbocycles. The second-order valence-electron chi connectivity index (χ2n) is 9.55. The molecule has 1 amide bonds. The van der Waals surface area contributed by atoms with Crippen LogP contribution in [0.1, 0.15) is 41.6 Å². The maximum atomic E-state index is 13.5. The number of carbonyl (C=O) groups is 1. The molecule has 2 aromatic rings. The first-order chi connectivity index (χ1) is 17.0. The molecule has 1 aromatic heterocycles. The molecule has 1 atom stereocenters. The first kappa shape index (κ1) is 25.6. The lowest BCUT2D eigenvalue weighted by atomic mass is 9.83. The zero-order chi connectivity index (χ0) is 26.4. The number of amides is 1. The van der Waals surface area contributed by atoms with E-state index in [4.69, 9.17) is 22.3 Å². The number of hydrogen-bond acceptors (Lipinski definition) is 7. The van der Waals surface area contributed by atoms with Crippen molar-refractivity contribution in [3.05, 3.63) is 40.2 Å². The van der Waals surface area contributed by atoms with Gasteiger partial charge in [-0.2, -0.15) is 13.2 Å². The number of fused-ring (bicyclic) bond motifs is 3. The number of carbonyl (C=O) groups excluding carboxylic acids is 1. The van der Waals surface area contributed by atoms with Gasteiger partial charge in [-0.1, -0.05) is 0 Å². The molecule has 192 valence electrons. The van der Waals surface area contributed by atoms with Crippen molar-refractivity contribution in [1.82, 2.24) is 14.8 Å². The van der Waals surface area contributed by atoms with Crippen LogP contribution in [0.5, 0.6) is 0 Å². The third kappa shape index (κ3) is 4.43. The molecule has 1 unspecified atom stereocenters. The highest BCUT2D eigenvalue weighted by atomic mass is 19.4. The molecule has 1 aliphatic heterocycles. The summed E-state index contributed by atoms with van der Waals surface area (Å²) in [6.07, 6.45) is -0.924. The quantitative estimate of drug-likeness (QED) is 0.369. The van der Waals surface area contributed by atoms with Gasteiger partial charge < -0.3 is 26.7 Å². The standard InChI is InChI=1S/C25H30F3N7O/c1-34(2)13-9-10-35(12-13)24(36)21(31)20-17(30)7-8-18-19(20)14-5-3-4-6-15(14)22(33-18)16(11-29)23(32)25(26,27)28/h7-8,11,13,29,31H,3-6,9-10,12,30,32H2,1-2H3. The van der Waals surface area contributed by atoms with Crippen LogP contribution in [0, 0.1) is 10.8 Å². The van der Waals surface area contributed by atoms with E-state index in [1.165, 1.54) is 6.07 Å². The Morgan fingerprint density at radius 2 is 1.89 bits per heavy atom. The van der Waals surface area contributed by atoms with Crippen molar-refractivity contribution in [2.75, 3.05) is 32.9 Å². The van der Waals surface area contributed by atoms with E-state index in [0.717, 1.165) is 19.3 Å². The molecule has 1 saturated heterocycles. The second kappa shape index (κ2) is 9.53. The molecule has 8 nitrogen and oxygen atoms in total. The van der Waals surface area contributed by atoms with E-state index in [2.05, 4.69) is 4.98 Å². The van der Waals surface area contributed by atoms with Crippen molar-refractivity contribution < 1.29 is 18.0 Å². The van der Waals surface area contributed by atoms with Crippen molar-refractivity contribution in [2.24, 2.45) is 5.73 Å². The number of halogens is 3. The Morgan fingerprint density at radius 1 is 1.22 bits per heavy atom. The lowest BCUT2D eigenvalue weighted by Crippen LogP contribution is -2.38. The fraction of sp³-hybridized carbons (Fsp3) is 0.440. The number of likely N-dealkylation sites (N-methyl/N-ethyl adjacent to an activating group) is 1. The number of rotatable bonds is 5. The van der Waals surface area contributed by atoms with E-state index in [-0.39, 0.29) is 28.7 Å². The van der Waals surface area contributed by atoms with Gasteiger partial charge in [0.05, 0.1) is 11.2 Å². The first-order valence-electron chi connectivity index (χ1n) is 11.8. The summed E-state index contributed by atoms with van der Waals surface area (Å²) in [4.78, 5) is 21.5. The van der Waals surface area contributed by atoms with Crippen molar-refractivity contribution in [3.63, 3.8) is 0 Å². The van der Waals surface area contributed by atoms with Crippen LogP contribution in [0.3, 0.4) is 0 Å². The van der Waals surface area contributed by atoms with E-state index in [1.807, 2.05) is 19.0 Å². The lowest BCUT2D eigenvalue weighted by molar-refractivity contribution is -0.123. The molecule has 2 aliphatic rings. The number of alkyl halides is 3. The number of hydrogen-bond donors (Lipinski definition) is 4. The van der Waals surface area contributed by atoms with Crippen molar-refractivity contribution in [2.45, 2.75) is 44.3 Å². The fourth-order valence-corrected chi connectivity index (χ4v) is 5.17. The Hall–Kier alpha value is -3.47. The number of aromatic nitrogens is 1. The van der Waals surface area contributed by atoms with E-state index in [9.17, 15) is 18.0 Å². The van der Waals surface area contributed by atoms with Gasteiger partial charge >= 0.3 is 6.18 Å². The van der Waals surface area contributed by atoms with Crippen LogP contribution >= 0.6 is 0 Å². The first-order valence-corrected chi connectivity index (χ1v) is 11.8. The summed E-state index contributed by atoms with van der Waals surface area (Å²) in [6, 6.07) is 3.29. The van der Waals surface area contributed by atoms with Crippen LogP contribution in [0.15, 0.2) is 17.8 Å². The second-order valence-corrected chi connectivity index (χ2v) is 9.55. The van der Waals surface area contributed by atoms with E-state index in [0.29, 0.717) is 54.2 Å². The smallest absolute Gasteiger partial charge is 0.398 e. The minimum atomic E-state index is -4.81. The zero-order valence-electron chi connectivity index (χ0n) is 20.3. The van der Waals surface area contributed by atoms with Crippen LogP contribution < -0.4 is 11.5 Å². The highest BCUT2D eigenvalue weighted by Gasteiger charge is 2.36. The predicted octanol–water partition coefficient (Wildman–Crippen LogP) is 3.11. The maximum absolute atomic E-state index is 13.5. The molecule has 0 radical (unpaired) electrons. The molecule has 36 heavy (non-hydrogen) atoms. The van der Waals surface area contributed by atoms with Gasteiger partial charge in [-0.25, -0.2) is 4.98 Å². The van der Waals surface area contributed by atoms with Crippen molar-refractivity contribution >= 4 is 40.0 Å². The van der Waals surface area contributed by atoms with Gasteiger partial charge in [-0.15, -0.1) is 0 Å². The number of benzene rings is 1. The molecule has 0 spiro atoms. The Bertz CT molecular complexity index is 1280. The molecule has 4 rings (SSSR count). The summed E-state index contributed by atoms with van der Waals surface area (Å²) in [5.41, 5.74) is 11.7. The van der Waals surface area contributed by atoms with E-state index >= 15 is 0 Å². The number of nitrogens with one attached hydrogen (secondary N) is 2. The summed E-state index contributed by atoms with van der Waals surface area (Å²) < 4.78 is 40.4. The van der Waals surface area contributed by atoms with E-state index in [1.54, 1.807) is 11.0 Å². The van der Waals surface area contributed by atoms with Gasteiger partial charge in [0.25, 0.3) is 5.91 Å². The number of aryl methyl sites for hydroxylation is 1. The van der Waals surface area contributed by atoms with Crippen LogP contribution in [-0.4, -0.2) is 72.0 Å². The lowest BCUT2D eigenvalue weighted by Gasteiger charge is -2.25. The molecule has 1 fully saturated rings. The van der Waals surface area contributed by atoms with Crippen molar-refractivity contribution in [3.8, 4) is 0 Å². The monoisotopic (exact) mass is 501 g/mol. The number of anilines is 1. The Morgan fingerprint density at radius 3 is 2.47 bits per heavy atom. The van der Waals surface area contributed by atoms with Crippen LogP contribution in [0.4, 0.5) is 18.9 Å². The number of nitrogen functional groups attached to an aromatic ring is 1. The Kier molecular flexibility index (Phi) is 6.78. The van der Waals surface area contributed by atoms with Crippen LogP contribution in [0.25, 0.3) is 16.5 Å². The summed E-state index contributed by atoms with van der Waals surface area (Å²) in [5, 5.41) is 17.0. The average Bonchev–Trinajstić information content (AvgIpc) is 3.34. The molecular weight excluding hydrogens is 471 g/mol. The summed E-state index contributed by atoms with van der Waals surface area (Å²) in [6.45, 7) is 1.03. The molecule has 11 heteroatoms. The number of likely N-dealkylation sites (tertiary alicyclic amines) is 1. The SMILES string of the molecule is CN(C)C1CCN(C(=O)C(=N)c2c(N)ccc3nc(C(C=N)=C(N)C(F)(F)F)c4c(c23)CCCC4)C1. The number of allylic oxidation sites excluding steroid dienone is 2. The summed E-state index contributed by atoms with van der Waals surface area (Å²) in [5.74, 6) is -0.437. The fourth-order valence-electron chi connectivity index (χ4n) is 5.17. The minimum absolute atomic E-state index is 0.0176. The topological polar surface area (TPSA) is 136 Å². The minimum Gasteiger partial charge on any atom is -0.398 e. The largest absolute Gasteiger partial charge is 0.431 e. The van der Waals surface area contributed by atoms with Gasteiger partial charge in [0.1, 0.15) is 11.4 Å². The predicted molar refractivity (Wildman–Crippen MR) is 134 cm³/mol. The molecule has 1 aromatic carbocycles. The highest BCUT2D eigenvalue weighted by Crippen LogP contribution is 2.38. The maximum Gasteiger partial charge on any atom is 0.431 e. The third-order valence-electron chi connectivity index (χ3n) is 7.14. The van der Waals surface area contributed by atoms with Gasteiger partial charge in [0.2, 0.25) is 0 Å².